The highest BCUT2D eigenvalue weighted by molar-refractivity contribution is 6.08. The van der Waals surface area contributed by atoms with Crippen LogP contribution in [0.3, 0.4) is 0 Å². The molecule has 30 heavy (non-hydrogen) atoms. The number of methoxy groups -OCH3 is 1. The Kier molecular flexibility index (Phi) is 6.01. The molecule has 6 nitrogen and oxygen atoms in total. The number of alkyl halides is 3. The lowest BCUT2D eigenvalue weighted by molar-refractivity contribution is -0.137. The van der Waals surface area contributed by atoms with Crippen LogP contribution in [0.15, 0.2) is 82.9 Å². The second kappa shape index (κ2) is 8.64. The van der Waals surface area contributed by atoms with Gasteiger partial charge in [-0.05, 0) is 42.6 Å². The van der Waals surface area contributed by atoms with E-state index in [-0.39, 0.29) is 17.1 Å². The lowest BCUT2D eigenvalue weighted by atomic mass is 10.2. The molecule has 154 valence electrons. The first-order valence-corrected chi connectivity index (χ1v) is 8.71. The van der Waals surface area contributed by atoms with Gasteiger partial charge in [0.2, 0.25) is 5.43 Å². The molecule has 2 N–H and O–H groups in total. The van der Waals surface area contributed by atoms with E-state index >= 15 is 0 Å². The summed E-state index contributed by atoms with van der Waals surface area (Å²) in [6, 6.07) is 12.7. The quantitative estimate of drug-likeness (QED) is 0.643. The number of benzene rings is 2. The summed E-state index contributed by atoms with van der Waals surface area (Å²) < 4.78 is 45.5. The fourth-order valence-electron chi connectivity index (χ4n) is 2.67. The fraction of sp³-hybridized carbons (Fsp3) is 0.0952. The number of aliphatic imine (C=N–C) groups is 1. The van der Waals surface area contributed by atoms with Crippen molar-refractivity contribution < 1.29 is 17.9 Å². The van der Waals surface area contributed by atoms with Crippen molar-refractivity contribution in [2.24, 2.45) is 10.7 Å². The Morgan fingerprint density at radius 1 is 1.17 bits per heavy atom. The number of ether oxygens (including phenoxy) is 1. The Balaban J connectivity index is 2.14. The lowest BCUT2D eigenvalue weighted by Crippen LogP contribution is -2.20. The monoisotopic (exact) mass is 414 g/mol. The number of rotatable bonds is 5. The van der Waals surface area contributed by atoms with Gasteiger partial charge in [0, 0.05) is 12.3 Å². The molecule has 2 aromatic carbocycles. The van der Waals surface area contributed by atoms with Crippen LogP contribution in [0.1, 0.15) is 11.3 Å². The summed E-state index contributed by atoms with van der Waals surface area (Å²) in [5.74, 6) is 0.467. The van der Waals surface area contributed by atoms with Gasteiger partial charge in [-0.2, -0.15) is 18.3 Å². The third kappa shape index (κ3) is 4.57. The van der Waals surface area contributed by atoms with Gasteiger partial charge in [-0.15, -0.1) is 0 Å². The highest BCUT2D eigenvalue weighted by Crippen LogP contribution is 2.30. The largest absolute Gasteiger partial charge is 0.494 e. The predicted molar refractivity (Wildman–Crippen MR) is 107 cm³/mol. The van der Waals surface area contributed by atoms with Crippen LogP contribution in [0.4, 0.5) is 18.9 Å². The van der Waals surface area contributed by atoms with Gasteiger partial charge in [0.05, 0.1) is 24.1 Å². The lowest BCUT2D eigenvalue weighted by Gasteiger charge is -2.11. The third-order valence-corrected chi connectivity index (χ3v) is 4.07. The van der Waals surface area contributed by atoms with E-state index in [9.17, 15) is 18.0 Å². The van der Waals surface area contributed by atoms with Crippen LogP contribution in [0.5, 0.6) is 5.75 Å². The minimum atomic E-state index is -4.50. The molecule has 1 aromatic heterocycles. The van der Waals surface area contributed by atoms with Gasteiger partial charge in [0.15, 0.2) is 5.69 Å². The van der Waals surface area contributed by atoms with Gasteiger partial charge >= 0.3 is 6.18 Å². The summed E-state index contributed by atoms with van der Waals surface area (Å²) in [6.07, 6.45) is -0.644. The molecule has 0 saturated heterocycles. The van der Waals surface area contributed by atoms with E-state index in [1.165, 1.54) is 48.5 Å². The molecule has 3 rings (SSSR count). The van der Waals surface area contributed by atoms with Gasteiger partial charge in [0.25, 0.3) is 0 Å². The predicted octanol–water partition coefficient (Wildman–Crippen LogP) is 3.85. The van der Waals surface area contributed by atoms with Crippen molar-refractivity contribution >= 4 is 11.4 Å². The van der Waals surface area contributed by atoms with E-state index in [0.717, 1.165) is 12.1 Å². The minimum absolute atomic E-state index is 0.0810. The molecule has 0 atom stereocenters. The Morgan fingerprint density at radius 2 is 1.93 bits per heavy atom. The molecule has 0 unspecified atom stereocenters. The first-order chi connectivity index (χ1) is 14.3. The van der Waals surface area contributed by atoms with Gasteiger partial charge in [-0.1, -0.05) is 18.2 Å². The van der Waals surface area contributed by atoms with Crippen LogP contribution < -0.4 is 15.9 Å². The standard InChI is InChI=1S/C21H17F3N4O2/c1-30-19-8-3-2-7-16(19)26-17(9-11-25)20-18(29)10-12-28(27-20)15-6-4-5-14(13-15)21(22,23)24/h2-13H,25H2,1H3. The Bertz CT molecular complexity index is 1170. The Morgan fingerprint density at radius 3 is 2.63 bits per heavy atom. The van der Waals surface area contributed by atoms with Crippen molar-refractivity contribution in [2.75, 3.05) is 7.11 Å². The molecule has 0 aliphatic carbocycles. The number of para-hydroxylation sites is 2. The van der Waals surface area contributed by atoms with Gasteiger partial charge in [-0.3, -0.25) is 4.79 Å². The second-order valence-corrected chi connectivity index (χ2v) is 6.05. The zero-order valence-corrected chi connectivity index (χ0v) is 15.8. The van der Waals surface area contributed by atoms with E-state index in [1.54, 1.807) is 24.3 Å². The summed E-state index contributed by atoms with van der Waals surface area (Å²) >= 11 is 0. The Hall–Kier alpha value is -3.88. The minimum Gasteiger partial charge on any atom is -0.494 e. The Labute approximate surface area is 169 Å². The van der Waals surface area contributed by atoms with Gasteiger partial charge in [0.1, 0.15) is 11.4 Å². The average Bonchev–Trinajstić information content (AvgIpc) is 2.74. The van der Waals surface area contributed by atoms with E-state index in [4.69, 9.17) is 10.5 Å². The molecule has 0 aliphatic rings. The van der Waals surface area contributed by atoms with Crippen molar-refractivity contribution in [3.63, 3.8) is 0 Å². The molecule has 0 bridgehead atoms. The maximum atomic E-state index is 13.0. The average molecular weight is 414 g/mol. The maximum absolute atomic E-state index is 13.0. The zero-order chi connectivity index (χ0) is 21.7. The molecular weight excluding hydrogens is 397 g/mol. The molecule has 0 amide bonds. The highest BCUT2D eigenvalue weighted by Gasteiger charge is 2.30. The van der Waals surface area contributed by atoms with Crippen LogP contribution >= 0.6 is 0 Å². The van der Waals surface area contributed by atoms with Crippen LogP contribution in [-0.2, 0) is 6.18 Å². The van der Waals surface area contributed by atoms with Crippen molar-refractivity contribution in [3.05, 3.63) is 94.6 Å². The normalized spacial score (nSPS) is 12.3. The zero-order valence-electron chi connectivity index (χ0n) is 15.8. The van der Waals surface area contributed by atoms with Crippen molar-refractivity contribution in [3.8, 4) is 11.4 Å². The fourth-order valence-corrected chi connectivity index (χ4v) is 2.67. The maximum Gasteiger partial charge on any atom is 0.416 e. The first kappa shape index (κ1) is 20.8. The molecule has 0 radical (unpaired) electrons. The number of halogens is 3. The number of hydrogen-bond acceptors (Lipinski definition) is 5. The van der Waals surface area contributed by atoms with Crippen molar-refractivity contribution in [1.29, 1.82) is 0 Å². The highest BCUT2D eigenvalue weighted by atomic mass is 19.4. The molecule has 0 aliphatic heterocycles. The van der Waals surface area contributed by atoms with E-state index in [1.807, 2.05) is 0 Å². The van der Waals surface area contributed by atoms with Crippen LogP contribution in [0, 0.1) is 0 Å². The molecule has 9 heteroatoms. The van der Waals surface area contributed by atoms with Crippen LogP contribution in [0.2, 0.25) is 0 Å². The molecule has 0 spiro atoms. The second-order valence-electron chi connectivity index (χ2n) is 6.05. The molecule has 0 fully saturated rings. The summed E-state index contributed by atoms with van der Waals surface area (Å²) in [6.45, 7) is 0. The molecule has 1 heterocycles. The molecular formula is C21H17F3N4O2. The number of hydrogen-bond donors (Lipinski definition) is 1. The van der Waals surface area contributed by atoms with Crippen molar-refractivity contribution in [2.45, 2.75) is 6.18 Å². The summed E-state index contributed by atoms with van der Waals surface area (Å²) in [7, 11) is 1.48. The van der Waals surface area contributed by atoms with E-state index in [0.29, 0.717) is 11.4 Å². The van der Waals surface area contributed by atoms with Crippen LogP contribution in [-0.4, -0.2) is 22.6 Å². The summed E-state index contributed by atoms with van der Waals surface area (Å²) in [5.41, 5.74) is 4.83. The van der Waals surface area contributed by atoms with E-state index in [2.05, 4.69) is 10.1 Å². The van der Waals surface area contributed by atoms with Crippen LogP contribution in [0.25, 0.3) is 5.69 Å². The number of aromatic nitrogens is 2. The van der Waals surface area contributed by atoms with E-state index < -0.39 is 17.2 Å². The van der Waals surface area contributed by atoms with Gasteiger partial charge in [-0.25, -0.2) is 9.67 Å². The van der Waals surface area contributed by atoms with Crippen molar-refractivity contribution in [1.82, 2.24) is 9.78 Å². The third-order valence-electron chi connectivity index (χ3n) is 4.07. The number of nitrogens with zero attached hydrogens (tertiary/aromatic N) is 3. The first-order valence-electron chi connectivity index (χ1n) is 8.71. The summed E-state index contributed by atoms with van der Waals surface area (Å²) in [4.78, 5) is 16.9. The smallest absolute Gasteiger partial charge is 0.416 e. The molecule has 0 saturated carbocycles. The SMILES string of the molecule is COc1ccccc1N=C(C=CN)c1nn(-c2cccc(C(F)(F)F)c2)ccc1=O. The number of nitrogens with two attached hydrogens (primary N) is 1. The summed E-state index contributed by atoms with van der Waals surface area (Å²) in [5, 5.41) is 4.19. The number of allylic oxidation sites excluding steroid dienone is 1. The van der Waals surface area contributed by atoms with Gasteiger partial charge < -0.3 is 10.5 Å². The topological polar surface area (TPSA) is 82.5 Å². The molecule has 3 aromatic rings.